The molecule has 0 radical (unpaired) electrons. The largest absolute Gasteiger partial charge is 0.495 e. The van der Waals surface area contributed by atoms with Gasteiger partial charge in [0, 0.05) is 6.08 Å². The molecule has 0 aliphatic heterocycles. The first kappa shape index (κ1) is 9.26. The zero-order valence-corrected chi connectivity index (χ0v) is 8.60. The van der Waals surface area contributed by atoms with Gasteiger partial charge in [-0.05, 0) is 34.5 Å². The minimum absolute atomic E-state index is 0.484. The molecule has 0 atom stereocenters. The molecule has 0 aromatic carbocycles. The van der Waals surface area contributed by atoms with Gasteiger partial charge in [0.1, 0.15) is 5.76 Å². The Morgan fingerprint density at radius 2 is 2.17 bits per heavy atom. The van der Waals surface area contributed by atoms with Crippen molar-refractivity contribution in [3.63, 3.8) is 0 Å². The summed E-state index contributed by atoms with van der Waals surface area (Å²) in [4.78, 5) is 0. The van der Waals surface area contributed by atoms with Gasteiger partial charge in [-0.1, -0.05) is 6.08 Å². The number of ether oxygens (including phenoxy) is 1. The summed E-state index contributed by atoms with van der Waals surface area (Å²) < 4.78 is 5.93. The first-order chi connectivity index (χ1) is 5.69. The molecule has 64 valence electrons. The fraction of sp³-hybridized carbons (Fsp3) is 0.222. The summed E-state index contributed by atoms with van der Waals surface area (Å²) in [6, 6.07) is 0. The summed E-state index contributed by atoms with van der Waals surface area (Å²) in [5, 5.41) is 7.58. The lowest BCUT2D eigenvalue weighted by molar-refractivity contribution is 0.306. The second-order valence-corrected chi connectivity index (χ2v) is 3.22. The van der Waals surface area contributed by atoms with Crippen LogP contribution < -0.4 is 0 Å². The molecule has 0 aromatic heterocycles. The van der Waals surface area contributed by atoms with Crippen LogP contribution in [0.5, 0.6) is 0 Å². The molecule has 3 heteroatoms. The minimum Gasteiger partial charge on any atom is -0.495 e. The third-order valence-corrected chi connectivity index (χ3v) is 2.25. The number of nitrogens with one attached hydrogen (secondary N) is 1. The molecule has 0 saturated heterocycles. The maximum Gasteiger partial charge on any atom is 0.135 e. The van der Waals surface area contributed by atoms with Gasteiger partial charge in [-0.15, -0.1) is 0 Å². The van der Waals surface area contributed by atoms with Crippen molar-refractivity contribution in [3.05, 3.63) is 34.0 Å². The number of hydrogen-bond acceptors (Lipinski definition) is 2. The number of methoxy groups -OCH3 is 1. The predicted molar refractivity (Wildman–Crippen MR) is 53.6 cm³/mol. The maximum absolute atomic E-state index is 7.58. The van der Waals surface area contributed by atoms with E-state index in [-0.39, 0.29) is 0 Å². The van der Waals surface area contributed by atoms with Crippen LogP contribution in [-0.2, 0) is 4.74 Å². The summed E-state index contributed by atoms with van der Waals surface area (Å²) in [7, 11) is 1.59. The molecule has 0 aromatic rings. The van der Waals surface area contributed by atoms with Crippen LogP contribution in [0.1, 0.15) is 6.92 Å². The highest BCUT2D eigenvalue weighted by molar-refractivity contribution is 9.12. The van der Waals surface area contributed by atoms with Crippen molar-refractivity contribution >= 4 is 21.6 Å². The average molecular weight is 228 g/mol. The fourth-order valence-corrected chi connectivity index (χ4v) is 1.49. The molecule has 0 spiro atoms. The number of rotatable bonds is 1. The number of allylic oxidation sites excluding steroid dienone is 5. The van der Waals surface area contributed by atoms with E-state index in [9.17, 15) is 0 Å². The fourth-order valence-electron chi connectivity index (χ4n) is 0.964. The molecule has 0 amide bonds. The summed E-state index contributed by atoms with van der Waals surface area (Å²) in [5.74, 6) is 0.700. The molecule has 0 fully saturated rings. The second-order valence-electron chi connectivity index (χ2n) is 2.36. The van der Waals surface area contributed by atoms with E-state index >= 15 is 0 Å². The highest BCUT2D eigenvalue weighted by Gasteiger charge is 2.12. The second kappa shape index (κ2) is 3.72. The van der Waals surface area contributed by atoms with Crippen molar-refractivity contribution < 1.29 is 4.74 Å². The number of halogens is 1. The Morgan fingerprint density at radius 3 is 2.67 bits per heavy atom. The van der Waals surface area contributed by atoms with Crippen LogP contribution in [0.15, 0.2) is 34.0 Å². The van der Waals surface area contributed by atoms with Gasteiger partial charge in [-0.25, -0.2) is 0 Å². The van der Waals surface area contributed by atoms with Gasteiger partial charge in [-0.3, -0.25) is 0 Å². The zero-order valence-electron chi connectivity index (χ0n) is 7.02. The lowest BCUT2D eigenvalue weighted by Gasteiger charge is -2.12. The van der Waals surface area contributed by atoms with Gasteiger partial charge in [0.2, 0.25) is 0 Å². The van der Waals surface area contributed by atoms with Gasteiger partial charge >= 0.3 is 0 Å². The first-order valence-corrected chi connectivity index (χ1v) is 4.37. The Kier molecular flexibility index (Phi) is 2.87. The summed E-state index contributed by atoms with van der Waals surface area (Å²) in [6.07, 6.45) is 5.47. The highest BCUT2D eigenvalue weighted by atomic mass is 79.9. The molecule has 2 nitrogen and oxygen atoms in total. The predicted octanol–water partition coefficient (Wildman–Crippen LogP) is 2.78. The monoisotopic (exact) mass is 227 g/mol. The van der Waals surface area contributed by atoms with Crippen molar-refractivity contribution in [1.29, 1.82) is 5.41 Å². The lowest BCUT2D eigenvalue weighted by Crippen LogP contribution is -2.04. The molecule has 1 aliphatic rings. The quantitative estimate of drug-likeness (QED) is 0.735. The van der Waals surface area contributed by atoms with E-state index in [1.54, 1.807) is 13.2 Å². The Labute approximate surface area is 80.3 Å². The minimum atomic E-state index is 0.484. The molecule has 1 N–H and O–H groups in total. The molecule has 12 heavy (non-hydrogen) atoms. The highest BCUT2D eigenvalue weighted by Crippen LogP contribution is 2.25. The van der Waals surface area contributed by atoms with Crippen molar-refractivity contribution in [2.75, 3.05) is 7.11 Å². The van der Waals surface area contributed by atoms with Crippen LogP contribution in [0.25, 0.3) is 0 Å². The van der Waals surface area contributed by atoms with E-state index in [1.807, 2.05) is 19.1 Å². The van der Waals surface area contributed by atoms with Crippen LogP contribution in [0.4, 0.5) is 0 Å². The van der Waals surface area contributed by atoms with E-state index in [1.165, 1.54) is 0 Å². The molecular weight excluding hydrogens is 218 g/mol. The Balaban J connectivity index is 3.04. The molecule has 0 bridgehead atoms. The standard InChI is InChI=1S/C9H10BrNO/c1-3-6-4-7(10)9(12-2)5-8(6)11/h3-5,11H,1-2H3/b6-3-,11-8?. The van der Waals surface area contributed by atoms with Gasteiger partial charge in [0.25, 0.3) is 0 Å². The van der Waals surface area contributed by atoms with E-state index in [0.29, 0.717) is 11.5 Å². The molecule has 0 heterocycles. The van der Waals surface area contributed by atoms with Crippen molar-refractivity contribution in [3.8, 4) is 0 Å². The third kappa shape index (κ3) is 1.67. The van der Waals surface area contributed by atoms with Gasteiger partial charge in [-0.2, -0.15) is 0 Å². The summed E-state index contributed by atoms with van der Waals surface area (Å²) >= 11 is 3.35. The van der Waals surface area contributed by atoms with Gasteiger partial charge in [0.05, 0.1) is 17.3 Å². The Hall–Kier alpha value is -0.830. The first-order valence-electron chi connectivity index (χ1n) is 3.57. The van der Waals surface area contributed by atoms with Gasteiger partial charge < -0.3 is 10.1 Å². The van der Waals surface area contributed by atoms with E-state index in [2.05, 4.69) is 15.9 Å². The summed E-state index contributed by atoms with van der Waals surface area (Å²) in [5.41, 5.74) is 1.39. The van der Waals surface area contributed by atoms with Gasteiger partial charge in [0.15, 0.2) is 0 Å². The Bertz CT molecular complexity index is 300. The zero-order chi connectivity index (χ0) is 9.14. The van der Waals surface area contributed by atoms with E-state index < -0.39 is 0 Å². The normalized spacial score (nSPS) is 20.6. The van der Waals surface area contributed by atoms with Crippen LogP contribution in [0, 0.1) is 5.41 Å². The van der Waals surface area contributed by atoms with E-state index in [0.717, 1.165) is 10.1 Å². The topological polar surface area (TPSA) is 33.1 Å². The number of hydrogen-bond donors (Lipinski definition) is 1. The molecule has 1 rings (SSSR count). The molecule has 0 saturated carbocycles. The Morgan fingerprint density at radius 1 is 1.50 bits per heavy atom. The average Bonchev–Trinajstić information content (AvgIpc) is 2.08. The summed E-state index contributed by atoms with van der Waals surface area (Å²) in [6.45, 7) is 1.91. The van der Waals surface area contributed by atoms with Crippen LogP contribution in [-0.4, -0.2) is 12.8 Å². The van der Waals surface area contributed by atoms with E-state index in [4.69, 9.17) is 10.1 Å². The van der Waals surface area contributed by atoms with Crippen LogP contribution in [0.2, 0.25) is 0 Å². The van der Waals surface area contributed by atoms with Crippen LogP contribution in [0.3, 0.4) is 0 Å². The van der Waals surface area contributed by atoms with Crippen molar-refractivity contribution in [1.82, 2.24) is 0 Å². The van der Waals surface area contributed by atoms with Crippen molar-refractivity contribution in [2.45, 2.75) is 6.92 Å². The van der Waals surface area contributed by atoms with Crippen LogP contribution >= 0.6 is 15.9 Å². The lowest BCUT2D eigenvalue weighted by atomic mass is 10.0. The SMILES string of the molecule is C/C=C1/C=C(Br)C(OC)=CC1=N. The smallest absolute Gasteiger partial charge is 0.135 e. The molecule has 1 aliphatic carbocycles. The van der Waals surface area contributed by atoms with Crippen molar-refractivity contribution in [2.24, 2.45) is 0 Å². The maximum atomic E-state index is 7.58. The molecule has 0 unspecified atom stereocenters. The third-order valence-electron chi connectivity index (χ3n) is 1.63. The molecular formula is C9H10BrNO.